The minimum absolute atomic E-state index is 0.321. The Labute approximate surface area is 132 Å². The van der Waals surface area contributed by atoms with Gasteiger partial charge in [-0.2, -0.15) is 0 Å². The van der Waals surface area contributed by atoms with Gasteiger partial charge < -0.3 is 5.11 Å². The SMILES string of the molecule is OC(Cc1ccc(F)c(Br)c1)c1cc(Br)ccc1Cl. The van der Waals surface area contributed by atoms with E-state index in [-0.39, 0.29) is 5.82 Å². The summed E-state index contributed by atoms with van der Waals surface area (Å²) < 4.78 is 14.4. The number of aliphatic hydroxyl groups is 1. The number of hydrogen-bond acceptors (Lipinski definition) is 1. The number of halogens is 4. The molecule has 0 aromatic heterocycles. The van der Waals surface area contributed by atoms with Crippen LogP contribution in [0.5, 0.6) is 0 Å². The lowest BCUT2D eigenvalue weighted by Gasteiger charge is -2.13. The van der Waals surface area contributed by atoms with Crippen molar-refractivity contribution < 1.29 is 9.50 Å². The van der Waals surface area contributed by atoms with Crippen molar-refractivity contribution in [3.63, 3.8) is 0 Å². The van der Waals surface area contributed by atoms with Crippen LogP contribution in [0.15, 0.2) is 45.3 Å². The van der Waals surface area contributed by atoms with E-state index in [2.05, 4.69) is 31.9 Å². The van der Waals surface area contributed by atoms with E-state index in [4.69, 9.17) is 11.6 Å². The predicted octanol–water partition coefficient (Wildman–Crippen LogP) is 5.28. The second-order valence-corrected chi connectivity index (χ2v) is 6.31. The topological polar surface area (TPSA) is 20.2 Å². The number of aliphatic hydroxyl groups excluding tert-OH is 1. The molecule has 0 saturated carbocycles. The normalized spacial score (nSPS) is 12.5. The van der Waals surface area contributed by atoms with Crippen LogP contribution in [-0.2, 0) is 6.42 Å². The lowest BCUT2D eigenvalue weighted by Crippen LogP contribution is -2.03. The third-order valence-electron chi connectivity index (χ3n) is 2.73. The van der Waals surface area contributed by atoms with E-state index in [0.717, 1.165) is 10.0 Å². The number of hydrogen-bond donors (Lipinski definition) is 1. The summed E-state index contributed by atoms with van der Waals surface area (Å²) >= 11 is 12.5. The Balaban J connectivity index is 2.22. The predicted molar refractivity (Wildman–Crippen MR) is 81.9 cm³/mol. The van der Waals surface area contributed by atoms with Crippen LogP contribution in [0.2, 0.25) is 5.02 Å². The lowest BCUT2D eigenvalue weighted by molar-refractivity contribution is 0.178. The standard InChI is InChI=1S/C14H10Br2ClFO/c15-9-2-3-12(17)10(7-9)14(19)6-8-1-4-13(18)11(16)5-8/h1-5,7,14,19H,6H2. The molecule has 0 heterocycles. The van der Waals surface area contributed by atoms with E-state index in [0.29, 0.717) is 21.5 Å². The minimum atomic E-state index is -0.734. The van der Waals surface area contributed by atoms with E-state index in [1.54, 1.807) is 24.3 Å². The smallest absolute Gasteiger partial charge is 0.137 e. The summed E-state index contributed by atoms with van der Waals surface area (Å²) in [5.41, 5.74) is 1.48. The van der Waals surface area contributed by atoms with Crippen molar-refractivity contribution in [1.82, 2.24) is 0 Å². The van der Waals surface area contributed by atoms with Crippen molar-refractivity contribution in [2.75, 3.05) is 0 Å². The highest BCUT2D eigenvalue weighted by atomic mass is 79.9. The Morgan fingerprint density at radius 3 is 2.58 bits per heavy atom. The molecule has 0 amide bonds. The van der Waals surface area contributed by atoms with Crippen LogP contribution in [0.25, 0.3) is 0 Å². The summed E-state index contributed by atoms with van der Waals surface area (Å²) in [7, 11) is 0. The van der Waals surface area contributed by atoms with Gasteiger partial charge in [-0.15, -0.1) is 0 Å². The largest absolute Gasteiger partial charge is 0.388 e. The molecule has 1 N–H and O–H groups in total. The fraction of sp³-hybridized carbons (Fsp3) is 0.143. The molecule has 1 atom stereocenters. The molecule has 0 bridgehead atoms. The van der Waals surface area contributed by atoms with Crippen LogP contribution in [0.4, 0.5) is 4.39 Å². The van der Waals surface area contributed by atoms with Crippen LogP contribution in [0, 0.1) is 5.82 Å². The highest BCUT2D eigenvalue weighted by molar-refractivity contribution is 9.10. The molecule has 0 aliphatic heterocycles. The van der Waals surface area contributed by atoms with Gasteiger partial charge in [0.2, 0.25) is 0 Å². The van der Waals surface area contributed by atoms with Gasteiger partial charge in [0, 0.05) is 21.5 Å². The maximum atomic E-state index is 13.1. The number of rotatable bonds is 3. The van der Waals surface area contributed by atoms with Crippen molar-refractivity contribution in [1.29, 1.82) is 0 Å². The van der Waals surface area contributed by atoms with Crippen molar-refractivity contribution in [3.8, 4) is 0 Å². The van der Waals surface area contributed by atoms with Crippen LogP contribution in [0.3, 0.4) is 0 Å². The molecule has 0 saturated heterocycles. The highest BCUT2D eigenvalue weighted by Crippen LogP contribution is 2.29. The zero-order chi connectivity index (χ0) is 14.0. The van der Waals surface area contributed by atoms with Gasteiger partial charge in [0.1, 0.15) is 5.82 Å². The molecule has 0 fully saturated rings. The molecule has 2 rings (SSSR count). The van der Waals surface area contributed by atoms with Crippen molar-refractivity contribution in [2.24, 2.45) is 0 Å². The Morgan fingerprint density at radius 2 is 1.89 bits per heavy atom. The van der Waals surface area contributed by atoms with Gasteiger partial charge in [-0.05, 0) is 51.8 Å². The van der Waals surface area contributed by atoms with Gasteiger partial charge in [-0.25, -0.2) is 4.39 Å². The van der Waals surface area contributed by atoms with Crippen LogP contribution < -0.4 is 0 Å². The van der Waals surface area contributed by atoms with Gasteiger partial charge in [0.25, 0.3) is 0 Å². The molecule has 19 heavy (non-hydrogen) atoms. The molecule has 5 heteroatoms. The summed E-state index contributed by atoms with van der Waals surface area (Å²) in [4.78, 5) is 0. The fourth-order valence-corrected chi connectivity index (χ4v) is 2.82. The molecule has 2 aromatic rings. The second kappa shape index (κ2) is 6.35. The zero-order valence-electron chi connectivity index (χ0n) is 9.71. The van der Waals surface area contributed by atoms with E-state index in [9.17, 15) is 9.50 Å². The zero-order valence-corrected chi connectivity index (χ0v) is 13.6. The van der Waals surface area contributed by atoms with Crippen LogP contribution >= 0.6 is 43.5 Å². The molecular weight excluding hydrogens is 398 g/mol. The molecule has 0 spiro atoms. The highest BCUT2D eigenvalue weighted by Gasteiger charge is 2.13. The third kappa shape index (κ3) is 3.78. The average molecular weight is 408 g/mol. The first kappa shape index (κ1) is 15.0. The van der Waals surface area contributed by atoms with Gasteiger partial charge in [0.15, 0.2) is 0 Å². The minimum Gasteiger partial charge on any atom is -0.388 e. The second-order valence-electron chi connectivity index (χ2n) is 4.13. The third-order valence-corrected chi connectivity index (χ3v) is 4.18. The average Bonchev–Trinajstić information content (AvgIpc) is 2.36. The van der Waals surface area contributed by atoms with Crippen molar-refractivity contribution in [3.05, 3.63) is 67.3 Å². The molecule has 0 aliphatic rings. The maximum Gasteiger partial charge on any atom is 0.137 e. The molecule has 2 aromatic carbocycles. The van der Waals surface area contributed by atoms with E-state index < -0.39 is 6.10 Å². The van der Waals surface area contributed by atoms with Crippen molar-refractivity contribution >= 4 is 43.5 Å². The summed E-state index contributed by atoms with van der Waals surface area (Å²) in [6.45, 7) is 0. The van der Waals surface area contributed by atoms with Gasteiger partial charge in [-0.3, -0.25) is 0 Å². The molecule has 100 valence electrons. The van der Waals surface area contributed by atoms with Crippen LogP contribution in [0.1, 0.15) is 17.2 Å². The van der Waals surface area contributed by atoms with Gasteiger partial charge in [-0.1, -0.05) is 33.6 Å². The van der Waals surface area contributed by atoms with E-state index >= 15 is 0 Å². The lowest BCUT2D eigenvalue weighted by atomic mass is 10.0. The first-order valence-corrected chi connectivity index (χ1v) is 7.50. The Morgan fingerprint density at radius 1 is 1.16 bits per heavy atom. The molecule has 0 radical (unpaired) electrons. The Hall–Kier alpha value is -0.420. The summed E-state index contributed by atoms with van der Waals surface area (Å²) in [5.74, 6) is -0.321. The summed E-state index contributed by atoms with van der Waals surface area (Å²) in [6, 6.07) is 10.00. The first-order chi connectivity index (χ1) is 8.97. The number of benzene rings is 2. The maximum absolute atomic E-state index is 13.1. The summed E-state index contributed by atoms with van der Waals surface area (Å²) in [5, 5.41) is 10.7. The van der Waals surface area contributed by atoms with Gasteiger partial charge in [0.05, 0.1) is 10.6 Å². The first-order valence-electron chi connectivity index (χ1n) is 5.54. The monoisotopic (exact) mass is 406 g/mol. The molecular formula is C14H10Br2ClFO. The van der Waals surface area contributed by atoms with E-state index in [1.165, 1.54) is 6.07 Å². The molecule has 1 nitrogen and oxygen atoms in total. The van der Waals surface area contributed by atoms with E-state index in [1.807, 2.05) is 6.07 Å². The Bertz CT molecular complexity index is 604. The molecule has 0 aliphatic carbocycles. The fourth-order valence-electron chi connectivity index (χ4n) is 1.77. The summed E-state index contributed by atoms with van der Waals surface area (Å²) in [6.07, 6.45) is -0.364. The van der Waals surface area contributed by atoms with Crippen LogP contribution in [-0.4, -0.2) is 5.11 Å². The quantitative estimate of drug-likeness (QED) is 0.733. The van der Waals surface area contributed by atoms with Gasteiger partial charge >= 0.3 is 0 Å². The molecule has 1 unspecified atom stereocenters. The Kier molecular flexibility index (Phi) is 5.01. The van der Waals surface area contributed by atoms with Crippen molar-refractivity contribution in [2.45, 2.75) is 12.5 Å².